The fourth-order valence-electron chi connectivity index (χ4n) is 6.66. The highest BCUT2D eigenvalue weighted by molar-refractivity contribution is 7.86. The number of hydrogen-bond acceptors (Lipinski definition) is 8. The molecule has 0 fully saturated rings. The van der Waals surface area contributed by atoms with Crippen molar-refractivity contribution in [3.05, 3.63) is 99.1 Å². The number of aromatic carboxylic acids is 1. The summed E-state index contributed by atoms with van der Waals surface area (Å²) in [6.45, 7) is 7.61. The molecule has 3 aliphatic heterocycles. The molecule has 0 spiro atoms. The topological polar surface area (TPSA) is 164 Å². The number of nitrogens with zero attached hydrogens (tertiary/aromatic N) is 2. The maximum atomic E-state index is 12.5. The van der Waals surface area contributed by atoms with Crippen LogP contribution in [0.25, 0.3) is 16.7 Å². The zero-order chi connectivity index (χ0) is 34.4. The second-order valence-electron chi connectivity index (χ2n) is 13.3. The molecule has 0 radical (unpaired) electrons. The Morgan fingerprint density at radius 2 is 1.55 bits per heavy atom. The number of fused-ring (bicyclic) bond motifs is 4. The van der Waals surface area contributed by atoms with E-state index in [1.165, 1.54) is 6.07 Å². The van der Waals surface area contributed by atoms with Gasteiger partial charge in [-0.15, -0.1) is 0 Å². The molecule has 0 bridgehead atoms. The molecule has 6 rings (SSSR count). The molecule has 0 saturated heterocycles. The lowest BCUT2D eigenvalue weighted by Gasteiger charge is -2.41. The van der Waals surface area contributed by atoms with Gasteiger partial charge in [-0.25, -0.2) is 17.8 Å². The Kier molecular flexibility index (Phi) is 7.36. The van der Waals surface area contributed by atoms with E-state index in [2.05, 4.69) is 0 Å². The molecule has 0 amide bonds. The minimum absolute atomic E-state index is 0.000141. The van der Waals surface area contributed by atoms with E-state index in [1.807, 2.05) is 51.3 Å². The first-order valence-corrected chi connectivity index (χ1v) is 17.9. The van der Waals surface area contributed by atoms with Gasteiger partial charge in [0, 0.05) is 54.6 Å². The number of ether oxygens (including phenoxy) is 1. The van der Waals surface area contributed by atoms with Gasteiger partial charge >= 0.3 is 5.97 Å². The maximum Gasteiger partial charge on any atom is 0.336 e. The summed E-state index contributed by atoms with van der Waals surface area (Å²) in [5.41, 5.74) is 2.30. The van der Waals surface area contributed by atoms with E-state index in [0.29, 0.717) is 66.7 Å². The van der Waals surface area contributed by atoms with Crippen molar-refractivity contribution >= 4 is 48.6 Å². The quantitative estimate of drug-likeness (QED) is 0.229. The van der Waals surface area contributed by atoms with E-state index in [-0.39, 0.29) is 5.56 Å². The van der Waals surface area contributed by atoms with Crippen molar-refractivity contribution < 1.29 is 40.6 Å². The Morgan fingerprint density at radius 1 is 0.894 bits per heavy atom. The van der Waals surface area contributed by atoms with Crippen molar-refractivity contribution in [1.29, 1.82) is 0 Å². The van der Waals surface area contributed by atoms with Crippen molar-refractivity contribution in [2.45, 2.75) is 38.8 Å². The average molecular weight is 679 g/mol. The zero-order valence-corrected chi connectivity index (χ0v) is 28.3. The summed E-state index contributed by atoms with van der Waals surface area (Å²) in [6.07, 6.45) is 3.51. The van der Waals surface area contributed by atoms with E-state index in [4.69, 9.17) is 4.74 Å². The highest BCUT2D eigenvalue weighted by Gasteiger charge is 2.37. The Morgan fingerprint density at radius 3 is 2.19 bits per heavy atom. The largest absolute Gasteiger partial charge is 0.748 e. The highest BCUT2D eigenvalue weighted by Crippen LogP contribution is 2.46. The standard InChI is InChI=1S/C34H34N2O9S2/c1-33(2)15-19(17-46(39,40)41)23-11-25-29(13-27(23)35(33)5)45-30-14-28-24(20(18-47(42,43)44)16-34(3,4)36(28)6)12-26(30)31(25)21-9-7-8-10-22(21)32(37)38/h7-16H,17-18H2,1-6H3,(H2-,37,38,39,40,41,42,43,44). The summed E-state index contributed by atoms with van der Waals surface area (Å²) in [5, 5.41) is 11.3. The van der Waals surface area contributed by atoms with Crippen LogP contribution >= 0.6 is 0 Å². The van der Waals surface area contributed by atoms with E-state index < -0.39 is 48.8 Å². The van der Waals surface area contributed by atoms with Gasteiger partial charge in [-0.3, -0.25) is 4.55 Å². The SMILES string of the molecule is CN1c2cc3c(cc2C(CS(=O)(=O)O)=CC1(C)C)C(c1ccccc1C(=O)O)=c1cc2c(cc1O3)=[N+](C)C(C)(C)C=C2CS(=O)(=O)[O-]. The molecule has 0 atom stereocenters. The predicted octanol–water partition coefficient (Wildman–Crippen LogP) is 3.08. The third-order valence-corrected chi connectivity index (χ3v) is 10.6. The van der Waals surface area contributed by atoms with Crippen LogP contribution in [0.2, 0.25) is 0 Å². The van der Waals surface area contributed by atoms with Crippen molar-refractivity contribution in [1.82, 2.24) is 4.58 Å². The Bertz CT molecular complexity index is 2340. The number of carbonyl (C=O) groups is 1. The van der Waals surface area contributed by atoms with Crippen molar-refractivity contribution in [3.63, 3.8) is 0 Å². The van der Waals surface area contributed by atoms with Crippen LogP contribution in [0, 0.1) is 0 Å². The molecule has 246 valence electrons. The Labute approximate surface area is 272 Å². The molecule has 3 aromatic carbocycles. The second kappa shape index (κ2) is 10.6. The van der Waals surface area contributed by atoms with Crippen LogP contribution < -0.4 is 24.8 Å². The lowest BCUT2D eigenvalue weighted by molar-refractivity contribution is 0.0696. The van der Waals surface area contributed by atoms with Gasteiger partial charge in [-0.2, -0.15) is 8.42 Å². The highest BCUT2D eigenvalue weighted by atomic mass is 32.2. The maximum absolute atomic E-state index is 12.5. The third-order valence-electron chi connectivity index (χ3n) is 9.25. The molecule has 3 aliphatic rings. The van der Waals surface area contributed by atoms with Crippen LogP contribution in [-0.2, 0) is 20.2 Å². The van der Waals surface area contributed by atoms with Gasteiger partial charge in [-0.05, 0) is 54.8 Å². The number of hydrogen-bond donors (Lipinski definition) is 2. The summed E-state index contributed by atoms with van der Waals surface area (Å²) in [4.78, 5) is 14.5. The normalized spacial score (nSPS) is 17.8. The lowest BCUT2D eigenvalue weighted by atomic mass is 9.83. The number of rotatable bonds is 6. The van der Waals surface area contributed by atoms with Gasteiger partial charge in [0.25, 0.3) is 10.1 Å². The van der Waals surface area contributed by atoms with Gasteiger partial charge in [0.15, 0.2) is 5.54 Å². The number of anilines is 1. The first kappa shape index (κ1) is 32.6. The van der Waals surface area contributed by atoms with Crippen molar-refractivity contribution in [2.75, 3.05) is 30.5 Å². The molecule has 0 saturated carbocycles. The minimum atomic E-state index is -4.67. The summed E-state index contributed by atoms with van der Waals surface area (Å²) < 4.78 is 78.7. The molecular weight excluding hydrogens is 645 g/mol. The van der Waals surface area contributed by atoms with Crippen LogP contribution in [0.15, 0.2) is 60.7 Å². The molecule has 0 unspecified atom stereocenters. The molecule has 11 nitrogen and oxygen atoms in total. The summed E-state index contributed by atoms with van der Waals surface area (Å²) in [6, 6.07) is 13.4. The van der Waals surface area contributed by atoms with Gasteiger partial charge < -0.3 is 19.3 Å². The molecule has 0 aromatic heterocycles. The average Bonchev–Trinajstić information content (AvgIpc) is 2.94. The minimum Gasteiger partial charge on any atom is -0.748 e. The Balaban J connectivity index is 1.76. The van der Waals surface area contributed by atoms with E-state index in [1.54, 1.807) is 54.6 Å². The Hall–Kier alpha value is -4.30. The van der Waals surface area contributed by atoms with Crippen LogP contribution in [0.1, 0.15) is 60.3 Å². The van der Waals surface area contributed by atoms with Crippen LogP contribution in [0.5, 0.6) is 11.5 Å². The van der Waals surface area contributed by atoms with E-state index in [9.17, 15) is 35.8 Å². The van der Waals surface area contributed by atoms with E-state index >= 15 is 0 Å². The van der Waals surface area contributed by atoms with E-state index in [0.717, 1.165) is 0 Å². The number of carboxylic acids is 1. The fraction of sp³-hybridized carbons (Fsp3) is 0.294. The van der Waals surface area contributed by atoms with Crippen LogP contribution in [0.4, 0.5) is 5.69 Å². The van der Waals surface area contributed by atoms with Crippen LogP contribution in [0.3, 0.4) is 0 Å². The monoisotopic (exact) mass is 678 g/mol. The number of likely N-dealkylation sites (N-methyl/N-ethyl adjacent to an activating group) is 2. The van der Waals surface area contributed by atoms with Crippen LogP contribution in [-0.4, -0.2) is 73.7 Å². The second-order valence-corrected chi connectivity index (χ2v) is 16.1. The molecule has 3 aromatic rings. The van der Waals surface area contributed by atoms with Crippen molar-refractivity contribution in [2.24, 2.45) is 0 Å². The van der Waals surface area contributed by atoms with Gasteiger partial charge in [0.1, 0.15) is 24.3 Å². The summed E-state index contributed by atoms with van der Waals surface area (Å²) in [5.74, 6) is -1.79. The lowest BCUT2D eigenvalue weighted by Crippen LogP contribution is -2.47. The molecular formula is C34H34N2O9S2. The molecule has 2 N–H and O–H groups in total. The molecule has 13 heteroatoms. The molecule has 0 aliphatic carbocycles. The van der Waals surface area contributed by atoms with Gasteiger partial charge in [-0.1, -0.05) is 24.3 Å². The van der Waals surface area contributed by atoms with Crippen molar-refractivity contribution in [3.8, 4) is 11.5 Å². The number of benzene rings is 3. The first-order chi connectivity index (χ1) is 21.7. The molecule has 47 heavy (non-hydrogen) atoms. The zero-order valence-electron chi connectivity index (χ0n) is 26.7. The van der Waals surface area contributed by atoms with Gasteiger partial charge in [0.2, 0.25) is 5.36 Å². The summed E-state index contributed by atoms with van der Waals surface area (Å²) in [7, 11) is -5.38. The predicted molar refractivity (Wildman–Crippen MR) is 178 cm³/mol. The smallest absolute Gasteiger partial charge is 0.336 e. The third kappa shape index (κ3) is 5.77. The molecule has 3 heterocycles. The fourth-order valence-corrected chi connectivity index (χ4v) is 7.91. The first-order valence-electron chi connectivity index (χ1n) is 14.7. The summed E-state index contributed by atoms with van der Waals surface area (Å²) >= 11 is 0. The number of carboxylic acid groups (broad SMARTS) is 1. The van der Waals surface area contributed by atoms with Gasteiger partial charge in [0.05, 0.1) is 38.6 Å².